The molecule has 236 valence electrons. The average molecular weight is 509 g/mol. The second-order valence-electron chi connectivity index (χ2n) is 1.41. The fraction of sp³-hybridized carbons (Fsp3) is 1.00. The Hall–Kier alpha value is 0. The minimum atomic E-state index is 1.25. The summed E-state index contributed by atoms with van der Waals surface area (Å²) in [4.78, 5) is 0. The summed E-state index contributed by atoms with van der Waals surface area (Å²) >= 11 is 0. The molecule has 0 aliphatic carbocycles. The summed E-state index contributed by atoms with van der Waals surface area (Å²) in [6.45, 7) is 64.5. The van der Waals surface area contributed by atoms with Gasteiger partial charge in [0.1, 0.15) is 0 Å². The molecule has 0 unspecified atom stereocenters. The fourth-order valence-electron chi connectivity index (χ4n) is 0. The lowest BCUT2D eigenvalue weighted by molar-refractivity contribution is 1.09. The van der Waals surface area contributed by atoms with Crippen molar-refractivity contribution < 1.29 is 0 Å². The monoisotopic (exact) mass is 509 g/mol. The predicted octanol–water partition coefficient (Wildman–Crippen LogP) is 17.2. The number of hydrogen-bond donors (Lipinski definition) is 0. The van der Waals surface area contributed by atoms with Gasteiger partial charge in [0.15, 0.2) is 0 Å². The third kappa shape index (κ3) is 0. The van der Waals surface area contributed by atoms with Crippen LogP contribution in [0, 0.1) is 0 Å². The summed E-state index contributed by atoms with van der Waals surface area (Å²) in [6, 6.07) is 0. The third-order valence-electron chi connectivity index (χ3n) is 0. The SMILES string of the molecule is CC.CC.CC.CC.CC.CC.CC.CC.CC.CC.CC.CC.CC.CC.CCC.CCC. The quantitative estimate of drug-likeness (QED) is 0.305. The van der Waals surface area contributed by atoms with Crippen LogP contribution in [0.15, 0.2) is 0 Å². The number of hydrogen-bond acceptors (Lipinski definition) is 0. The highest BCUT2D eigenvalue weighted by atomic mass is 13.4. The van der Waals surface area contributed by atoms with E-state index < -0.39 is 0 Å². The van der Waals surface area contributed by atoms with Gasteiger partial charge in [0, 0.05) is 0 Å². The molecule has 0 aromatic heterocycles. The minimum absolute atomic E-state index is 1.25. The minimum Gasteiger partial charge on any atom is -0.0683 e. The van der Waals surface area contributed by atoms with Crippen molar-refractivity contribution in [1.29, 1.82) is 0 Å². The normalized spacial score (nSPS) is 3.53. The van der Waals surface area contributed by atoms with Crippen LogP contribution >= 0.6 is 0 Å². The van der Waals surface area contributed by atoms with Gasteiger partial charge in [-0.2, -0.15) is 0 Å². The van der Waals surface area contributed by atoms with Gasteiger partial charge in [-0.1, -0.05) is 234 Å². The Bertz CT molecular complexity index is 2.00. The molecule has 0 nitrogen and oxygen atoms in total. The number of rotatable bonds is 0. The largest absolute Gasteiger partial charge is 0.0683 e. The van der Waals surface area contributed by atoms with E-state index in [2.05, 4.69) is 27.7 Å². The van der Waals surface area contributed by atoms with Crippen LogP contribution in [0.25, 0.3) is 0 Å². The van der Waals surface area contributed by atoms with Crippen LogP contribution in [-0.4, -0.2) is 0 Å². The van der Waals surface area contributed by atoms with Crippen molar-refractivity contribution >= 4 is 0 Å². The van der Waals surface area contributed by atoms with Crippen molar-refractivity contribution in [3.05, 3.63) is 0 Å². The van der Waals surface area contributed by atoms with Gasteiger partial charge >= 0.3 is 0 Å². The van der Waals surface area contributed by atoms with Gasteiger partial charge < -0.3 is 0 Å². The first-order valence-corrected chi connectivity index (χ1v) is 16.8. The van der Waals surface area contributed by atoms with E-state index in [0.29, 0.717) is 0 Å². The Morgan fingerprint density at radius 1 is 0.147 bits per heavy atom. The van der Waals surface area contributed by atoms with E-state index >= 15 is 0 Å². The van der Waals surface area contributed by atoms with Crippen molar-refractivity contribution in [1.82, 2.24) is 0 Å². The van der Waals surface area contributed by atoms with E-state index in [9.17, 15) is 0 Å². The standard InChI is InChI=1S/2C3H8.14C2H6/c2*1-3-2;14*1-2/h2*3H2,1-2H3;14*1-2H3. The highest BCUT2D eigenvalue weighted by Crippen LogP contribution is 1.56. The molecule has 0 amide bonds. The summed E-state index contributed by atoms with van der Waals surface area (Å²) in [6.07, 6.45) is 2.50. The van der Waals surface area contributed by atoms with Gasteiger partial charge in [0.05, 0.1) is 0 Å². The first kappa shape index (κ1) is 114. The molecule has 0 aromatic rings. The molecule has 0 heteroatoms. The maximum atomic E-state index is 2.12. The molecule has 0 bridgehead atoms. The zero-order valence-corrected chi connectivity index (χ0v) is 33.4. The van der Waals surface area contributed by atoms with Gasteiger partial charge in [-0.3, -0.25) is 0 Å². The van der Waals surface area contributed by atoms with Gasteiger partial charge in [0.25, 0.3) is 0 Å². The van der Waals surface area contributed by atoms with Crippen LogP contribution in [0.3, 0.4) is 0 Å². The molecular weight excluding hydrogens is 408 g/mol. The molecule has 0 aliphatic rings. The molecular formula is C34H100. The summed E-state index contributed by atoms with van der Waals surface area (Å²) in [5.74, 6) is 0. The molecule has 0 aliphatic heterocycles. The predicted molar refractivity (Wildman–Crippen MR) is 191 cm³/mol. The zero-order valence-electron chi connectivity index (χ0n) is 33.4. The second-order valence-corrected chi connectivity index (χ2v) is 1.41. The Kier molecular flexibility index (Phi) is 28400. The van der Waals surface area contributed by atoms with Crippen LogP contribution in [0.1, 0.15) is 234 Å². The van der Waals surface area contributed by atoms with E-state index in [1.54, 1.807) is 0 Å². The smallest absolute Gasteiger partial charge is 0.0590 e. The molecule has 34 heavy (non-hydrogen) atoms. The second kappa shape index (κ2) is 8450. The third-order valence-corrected chi connectivity index (χ3v) is 0. The van der Waals surface area contributed by atoms with Gasteiger partial charge in [-0.25, -0.2) is 0 Å². The van der Waals surface area contributed by atoms with Gasteiger partial charge in [-0.15, -0.1) is 0 Å². The molecule has 0 fully saturated rings. The van der Waals surface area contributed by atoms with Crippen molar-refractivity contribution in [2.45, 2.75) is 234 Å². The molecule has 0 saturated carbocycles. The maximum absolute atomic E-state index is 2.12. The van der Waals surface area contributed by atoms with E-state index in [1.165, 1.54) is 12.8 Å². The first-order valence-electron chi connectivity index (χ1n) is 16.8. The van der Waals surface area contributed by atoms with Crippen LogP contribution < -0.4 is 0 Å². The van der Waals surface area contributed by atoms with Gasteiger partial charge in [0.2, 0.25) is 0 Å². The van der Waals surface area contributed by atoms with Crippen molar-refractivity contribution in [3.8, 4) is 0 Å². The van der Waals surface area contributed by atoms with E-state index in [4.69, 9.17) is 0 Å². The molecule has 0 spiro atoms. The Balaban J connectivity index is -0.00000000728. The van der Waals surface area contributed by atoms with E-state index in [1.807, 2.05) is 194 Å². The van der Waals surface area contributed by atoms with Crippen molar-refractivity contribution in [3.63, 3.8) is 0 Å². The lowest BCUT2D eigenvalue weighted by Crippen LogP contribution is -1.27. The summed E-state index contributed by atoms with van der Waals surface area (Å²) in [7, 11) is 0. The Labute approximate surface area is 234 Å². The van der Waals surface area contributed by atoms with E-state index in [0.717, 1.165) is 0 Å². The molecule has 0 radical (unpaired) electrons. The van der Waals surface area contributed by atoms with Crippen molar-refractivity contribution in [2.75, 3.05) is 0 Å². The molecule has 0 rings (SSSR count). The summed E-state index contributed by atoms with van der Waals surface area (Å²) in [5.41, 5.74) is 0. The zero-order chi connectivity index (χ0) is 33.4. The fourth-order valence-corrected chi connectivity index (χ4v) is 0. The molecule has 0 saturated heterocycles. The summed E-state index contributed by atoms with van der Waals surface area (Å²) < 4.78 is 0. The molecule has 0 aromatic carbocycles. The van der Waals surface area contributed by atoms with Crippen molar-refractivity contribution in [2.24, 2.45) is 0 Å². The van der Waals surface area contributed by atoms with E-state index in [-0.39, 0.29) is 0 Å². The maximum Gasteiger partial charge on any atom is -0.0590 e. The first-order chi connectivity index (χ1) is 16.8. The van der Waals surface area contributed by atoms with Crippen LogP contribution in [-0.2, 0) is 0 Å². The van der Waals surface area contributed by atoms with Crippen LogP contribution in [0.5, 0.6) is 0 Å². The van der Waals surface area contributed by atoms with Crippen LogP contribution in [0.4, 0.5) is 0 Å². The molecule has 0 heterocycles. The highest BCUT2D eigenvalue weighted by molar-refractivity contribution is 3.92. The Morgan fingerprint density at radius 3 is 0.147 bits per heavy atom. The molecule has 0 N–H and O–H groups in total. The average Bonchev–Trinajstić information content (AvgIpc) is 3.04. The van der Waals surface area contributed by atoms with Gasteiger partial charge in [-0.05, 0) is 0 Å². The lowest BCUT2D eigenvalue weighted by Gasteiger charge is -1.48. The summed E-state index contributed by atoms with van der Waals surface area (Å²) in [5, 5.41) is 0. The Morgan fingerprint density at radius 2 is 0.147 bits per heavy atom. The molecule has 0 atom stereocenters. The topological polar surface area (TPSA) is 0 Å². The highest BCUT2D eigenvalue weighted by Gasteiger charge is 1.36. The lowest BCUT2D eigenvalue weighted by atomic mass is 10.6. The van der Waals surface area contributed by atoms with Crippen LogP contribution in [0.2, 0.25) is 0 Å².